The second-order valence-corrected chi connectivity index (χ2v) is 7.52. The molecule has 2 aromatic rings. The maximum atomic E-state index is 12.1. The number of aromatic amines is 1. The van der Waals surface area contributed by atoms with E-state index in [9.17, 15) is 14.9 Å². The number of carboxylic acids is 1. The van der Waals surface area contributed by atoms with E-state index in [0.29, 0.717) is 16.3 Å². The van der Waals surface area contributed by atoms with Crippen molar-refractivity contribution in [1.82, 2.24) is 4.98 Å². The van der Waals surface area contributed by atoms with Crippen molar-refractivity contribution in [2.75, 3.05) is 0 Å². The lowest BCUT2D eigenvalue weighted by molar-refractivity contribution is 0.0697. The van der Waals surface area contributed by atoms with Crippen LogP contribution in [-0.4, -0.2) is 16.1 Å². The molecular weight excluding hydrogens is 348 g/mol. The number of hydrogen-bond acceptors (Lipinski definition) is 4. The van der Waals surface area contributed by atoms with E-state index in [1.807, 2.05) is 6.07 Å². The number of hydrogen-bond donors (Lipinski definition) is 2. The third-order valence-electron chi connectivity index (χ3n) is 4.75. The fraction of sp³-hybridized carbons (Fsp3) is 0.350. The molecule has 1 aromatic heterocycles. The number of carbonyl (C=O) groups is 1. The first-order valence-electron chi connectivity index (χ1n) is 8.71. The van der Waals surface area contributed by atoms with E-state index in [2.05, 4.69) is 11.1 Å². The Bertz CT molecular complexity index is 908. The van der Waals surface area contributed by atoms with Crippen molar-refractivity contribution in [3.05, 3.63) is 62.9 Å². The molecule has 0 unspecified atom stereocenters. The molecule has 134 valence electrons. The molecule has 0 aliphatic heterocycles. The molecule has 26 heavy (non-hydrogen) atoms. The molecule has 1 aliphatic carbocycles. The highest BCUT2D eigenvalue weighted by atomic mass is 32.2. The van der Waals surface area contributed by atoms with E-state index in [1.54, 1.807) is 24.3 Å². The number of carboxylic acid groups (broad SMARTS) is 1. The molecule has 3 rings (SSSR count). The quantitative estimate of drug-likeness (QED) is 0.768. The summed E-state index contributed by atoms with van der Waals surface area (Å²) < 4.78 is 0. The molecule has 5 nitrogen and oxygen atoms in total. The first kappa shape index (κ1) is 18.3. The highest BCUT2D eigenvalue weighted by molar-refractivity contribution is 7.98. The van der Waals surface area contributed by atoms with Gasteiger partial charge in [-0.15, -0.1) is 11.8 Å². The molecule has 1 aromatic carbocycles. The molecule has 0 radical (unpaired) electrons. The summed E-state index contributed by atoms with van der Waals surface area (Å²) in [5, 5.41) is 19.3. The van der Waals surface area contributed by atoms with Crippen LogP contribution in [0, 0.1) is 11.3 Å². The predicted molar refractivity (Wildman–Crippen MR) is 101 cm³/mol. The number of benzene rings is 1. The van der Waals surface area contributed by atoms with Crippen LogP contribution >= 0.6 is 11.8 Å². The highest BCUT2D eigenvalue weighted by Crippen LogP contribution is 2.36. The summed E-state index contributed by atoms with van der Waals surface area (Å²) >= 11 is 1.37. The van der Waals surface area contributed by atoms with Gasteiger partial charge < -0.3 is 10.1 Å². The van der Waals surface area contributed by atoms with Crippen molar-refractivity contribution in [2.24, 2.45) is 0 Å². The molecular formula is C20H20N2O3S. The van der Waals surface area contributed by atoms with Crippen molar-refractivity contribution in [1.29, 1.82) is 5.26 Å². The van der Waals surface area contributed by atoms with E-state index < -0.39 is 5.97 Å². The lowest BCUT2D eigenvalue weighted by Crippen LogP contribution is -2.15. The Morgan fingerprint density at radius 3 is 2.73 bits per heavy atom. The van der Waals surface area contributed by atoms with Gasteiger partial charge in [0, 0.05) is 11.8 Å². The van der Waals surface area contributed by atoms with Gasteiger partial charge in [-0.1, -0.05) is 31.4 Å². The maximum absolute atomic E-state index is 12.1. The number of nitrogens with one attached hydrogen (secondary N) is 1. The van der Waals surface area contributed by atoms with Crippen LogP contribution in [0.25, 0.3) is 0 Å². The molecule has 0 spiro atoms. The van der Waals surface area contributed by atoms with Gasteiger partial charge in [0.1, 0.15) is 6.07 Å². The van der Waals surface area contributed by atoms with Gasteiger partial charge in [-0.25, -0.2) is 4.79 Å². The van der Waals surface area contributed by atoms with Crippen LogP contribution in [-0.2, 0) is 5.75 Å². The van der Waals surface area contributed by atoms with Crippen molar-refractivity contribution in [3.63, 3.8) is 0 Å². The smallest absolute Gasteiger partial charge is 0.335 e. The van der Waals surface area contributed by atoms with E-state index in [0.717, 1.165) is 36.8 Å². The Hall–Kier alpha value is -2.52. The molecule has 1 heterocycles. The number of thioether (sulfide) groups is 1. The van der Waals surface area contributed by atoms with Gasteiger partial charge in [-0.3, -0.25) is 4.79 Å². The van der Waals surface area contributed by atoms with Crippen molar-refractivity contribution >= 4 is 17.7 Å². The molecule has 1 saturated carbocycles. The van der Waals surface area contributed by atoms with Crippen LogP contribution in [0.1, 0.15) is 65.1 Å². The molecule has 6 heteroatoms. The number of aromatic nitrogens is 1. The summed E-state index contributed by atoms with van der Waals surface area (Å²) in [6.07, 6.45) is 5.51. The zero-order valence-corrected chi connectivity index (χ0v) is 15.1. The number of pyridine rings is 1. The second kappa shape index (κ2) is 8.24. The van der Waals surface area contributed by atoms with E-state index >= 15 is 0 Å². The van der Waals surface area contributed by atoms with Gasteiger partial charge in [-0.05, 0) is 42.0 Å². The van der Waals surface area contributed by atoms with Gasteiger partial charge in [0.05, 0.1) is 16.2 Å². The molecule has 0 amide bonds. The summed E-state index contributed by atoms with van der Waals surface area (Å²) in [5.41, 5.74) is 2.29. The number of nitrogens with zero attached hydrogens (tertiary/aromatic N) is 1. The SMILES string of the molecule is N#Cc1c(C2CCCCC2)cc(=O)[nH]c1SCc1cccc(C(=O)O)c1. The third kappa shape index (κ3) is 4.17. The Morgan fingerprint density at radius 2 is 2.04 bits per heavy atom. The number of aromatic carboxylic acids is 1. The molecule has 0 atom stereocenters. The third-order valence-corrected chi connectivity index (χ3v) is 5.83. The summed E-state index contributed by atoms with van der Waals surface area (Å²) in [4.78, 5) is 26.0. The predicted octanol–water partition coefficient (Wildman–Crippen LogP) is 4.28. The second-order valence-electron chi connectivity index (χ2n) is 6.53. The number of H-pyrrole nitrogens is 1. The van der Waals surface area contributed by atoms with E-state index in [1.165, 1.54) is 18.2 Å². The van der Waals surface area contributed by atoms with Crippen LogP contribution in [0.2, 0.25) is 0 Å². The van der Waals surface area contributed by atoms with Crippen LogP contribution in [0.3, 0.4) is 0 Å². The lowest BCUT2D eigenvalue weighted by atomic mass is 9.83. The van der Waals surface area contributed by atoms with Gasteiger partial charge in [0.2, 0.25) is 5.56 Å². The number of rotatable bonds is 5. The topological polar surface area (TPSA) is 94.0 Å². The van der Waals surface area contributed by atoms with Crippen LogP contribution in [0.4, 0.5) is 0 Å². The average Bonchev–Trinajstić information content (AvgIpc) is 2.66. The van der Waals surface area contributed by atoms with Gasteiger partial charge in [0.15, 0.2) is 0 Å². The monoisotopic (exact) mass is 368 g/mol. The Morgan fingerprint density at radius 1 is 1.27 bits per heavy atom. The largest absolute Gasteiger partial charge is 0.478 e. The van der Waals surface area contributed by atoms with E-state index in [-0.39, 0.29) is 17.0 Å². The van der Waals surface area contributed by atoms with Crippen LogP contribution < -0.4 is 5.56 Å². The first-order chi connectivity index (χ1) is 12.6. The normalized spacial score (nSPS) is 14.7. The molecule has 1 fully saturated rings. The van der Waals surface area contributed by atoms with Crippen LogP contribution in [0.5, 0.6) is 0 Å². The standard InChI is InChI=1S/C20H20N2O3S/c21-11-17-16(14-6-2-1-3-7-14)10-18(23)22-19(17)26-12-13-5-4-8-15(9-13)20(24)25/h4-5,8-10,14H,1-3,6-7,12H2,(H,22,23)(H,24,25). The van der Waals surface area contributed by atoms with Gasteiger partial charge in [-0.2, -0.15) is 5.26 Å². The average molecular weight is 368 g/mol. The fourth-order valence-electron chi connectivity index (χ4n) is 3.46. The van der Waals surface area contributed by atoms with Crippen LogP contribution in [0.15, 0.2) is 40.2 Å². The van der Waals surface area contributed by atoms with Crippen molar-refractivity contribution in [3.8, 4) is 6.07 Å². The van der Waals surface area contributed by atoms with E-state index in [4.69, 9.17) is 5.11 Å². The highest BCUT2D eigenvalue weighted by Gasteiger charge is 2.21. The maximum Gasteiger partial charge on any atom is 0.335 e. The lowest BCUT2D eigenvalue weighted by Gasteiger charge is -2.23. The first-order valence-corrected chi connectivity index (χ1v) is 9.69. The zero-order valence-electron chi connectivity index (χ0n) is 14.3. The summed E-state index contributed by atoms with van der Waals surface area (Å²) in [6, 6.07) is 10.5. The minimum atomic E-state index is -0.970. The van der Waals surface area contributed by atoms with Crippen molar-refractivity contribution < 1.29 is 9.90 Å². The Kier molecular flexibility index (Phi) is 5.79. The number of nitriles is 1. The van der Waals surface area contributed by atoms with Gasteiger partial charge in [0.25, 0.3) is 0 Å². The molecule has 0 saturated heterocycles. The fourth-order valence-corrected chi connectivity index (χ4v) is 4.43. The summed E-state index contributed by atoms with van der Waals surface area (Å²) in [6.45, 7) is 0. The Balaban J connectivity index is 1.86. The minimum Gasteiger partial charge on any atom is -0.478 e. The zero-order chi connectivity index (χ0) is 18.5. The Labute approximate surface area is 156 Å². The van der Waals surface area contributed by atoms with Crippen molar-refractivity contribution in [2.45, 2.75) is 48.8 Å². The van der Waals surface area contributed by atoms with Gasteiger partial charge >= 0.3 is 5.97 Å². The molecule has 0 bridgehead atoms. The minimum absolute atomic E-state index is 0.189. The molecule has 2 N–H and O–H groups in total. The summed E-state index contributed by atoms with van der Waals surface area (Å²) in [7, 11) is 0. The summed E-state index contributed by atoms with van der Waals surface area (Å²) in [5.74, 6) is -0.211. The molecule has 1 aliphatic rings.